The van der Waals surface area contributed by atoms with Crippen molar-refractivity contribution < 1.29 is 0 Å². The average molecular weight is 634 g/mol. The first kappa shape index (κ1) is 26.3. The third kappa shape index (κ3) is 3.36. The predicted molar refractivity (Wildman–Crippen MR) is 211 cm³/mol. The van der Waals surface area contributed by atoms with E-state index in [1.165, 1.54) is 92.7 Å². The van der Waals surface area contributed by atoms with Crippen LogP contribution < -0.4 is 0 Å². The maximum Gasteiger partial charge on any atom is 0.220 e. The number of nitrogens with zero attached hydrogens (tertiary/aromatic N) is 3. The summed E-state index contributed by atoms with van der Waals surface area (Å²) in [4.78, 5) is 5.36. The predicted octanol–water partition coefficient (Wildman–Crippen LogP) is 12.4. The van der Waals surface area contributed by atoms with Crippen LogP contribution >= 0.6 is 0 Å². The van der Waals surface area contributed by atoms with E-state index in [2.05, 4.69) is 173 Å². The van der Waals surface area contributed by atoms with Crippen LogP contribution in [0.15, 0.2) is 164 Å². The lowest BCUT2D eigenvalue weighted by atomic mass is 9.85. The van der Waals surface area contributed by atoms with Gasteiger partial charge in [-0.3, -0.25) is 8.80 Å². The molecule has 12 aromatic rings. The van der Waals surface area contributed by atoms with E-state index in [0.29, 0.717) is 0 Å². The lowest BCUT2D eigenvalue weighted by molar-refractivity contribution is 1.22. The minimum absolute atomic E-state index is 0.951. The summed E-state index contributed by atoms with van der Waals surface area (Å²) in [7, 11) is 0. The Morgan fingerprint density at radius 3 is 1.50 bits per heavy atom. The first-order chi connectivity index (χ1) is 24.8. The lowest BCUT2D eigenvalue weighted by Gasteiger charge is -2.18. The molecule has 3 nitrogen and oxygen atoms in total. The summed E-state index contributed by atoms with van der Waals surface area (Å²) < 4.78 is 4.79. The smallest absolute Gasteiger partial charge is 0.220 e. The summed E-state index contributed by atoms with van der Waals surface area (Å²) in [6, 6.07) is 60.1. The quantitative estimate of drug-likeness (QED) is 0.174. The molecule has 0 atom stereocenters. The van der Waals surface area contributed by atoms with Crippen LogP contribution in [-0.2, 0) is 0 Å². The van der Waals surface area contributed by atoms with Gasteiger partial charge in [-0.05, 0) is 102 Å². The van der Waals surface area contributed by atoms with Crippen molar-refractivity contribution >= 4 is 87.2 Å². The zero-order valence-corrected chi connectivity index (χ0v) is 26.9. The number of aromatic nitrogens is 3. The summed E-state index contributed by atoms with van der Waals surface area (Å²) >= 11 is 0. The van der Waals surface area contributed by atoms with Crippen LogP contribution in [0.3, 0.4) is 0 Å². The van der Waals surface area contributed by atoms with Gasteiger partial charge in [0, 0.05) is 10.8 Å². The van der Waals surface area contributed by atoms with E-state index in [1.54, 1.807) is 0 Å². The zero-order chi connectivity index (χ0) is 32.5. The Bertz CT molecular complexity index is 3310. The van der Waals surface area contributed by atoms with E-state index in [4.69, 9.17) is 4.98 Å². The second-order valence-electron chi connectivity index (χ2n) is 13.6. The minimum Gasteiger partial charge on any atom is -0.277 e. The van der Waals surface area contributed by atoms with E-state index >= 15 is 0 Å². The Labute approximate surface area is 286 Å². The van der Waals surface area contributed by atoms with Crippen molar-refractivity contribution in [2.24, 2.45) is 0 Å². The van der Waals surface area contributed by atoms with Crippen LogP contribution in [0.2, 0.25) is 0 Å². The second-order valence-corrected chi connectivity index (χ2v) is 13.6. The Kier molecular flexibility index (Phi) is 4.97. The van der Waals surface area contributed by atoms with Crippen LogP contribution in [-0.4, -0.2) is 13.8 Å². The Hall–Kier alpha value is -6.71. The highest BCUT2D eigenvalue weighted by atomic mass is 15.2. The van der Waals surface area contributed by atoms with Crippen molar-refractivity contribution in [3.8, 4) is 22.3 Å². The molecule has 0 unspecified atom stereocenters. The maximum atomic E-state index is 5.36. The third-order valence-electron chi connectivity index (χ3n) is 10.9. The van der Waals surface area contributed by atoms with Crippen molar-refractivity contribution in [3.05, 3.63) is 164 Å². The highest BCUT2D eigenvalue weighted by molar-refractivity contribution is 6.25. The summed E-state index contributed by atoms with van der Waals surface area (Å²) in [6.07, 6.45) is 0. The molecule has 3 heterocycles. The standard InChI is InChI=1S/C47H27N3/c1-2-12-28(13-3-1)44-34-18-8-10-20-36(34)45(37-21-11-9-19-35(37)44)33-23-39-38-22-29-14-4-6-16-31(29)25-41(38)50-46(39)43(27-33)49-42-26-32-17-7-5-15-30(32)24-40(42)48-47(49)50/h1-27H. The van der Waals surface area contributed by atoms with Gasteiger partial charge in [-0.1, -0.05) is 127 Å². The van der Waals surface area contributed by atoms with Crippen LogP contribution in [0.1, 0.15) is 0 Å². The SMILES string of the molecule is c1ccc(-c2c3ccccc3c(-c3cc4c5cc6ccccc6cc5n5c4c(c3)n3c4cc6ccccc6cc4nc35)c3ccccc23)cc1. The molecule has 0 radical (unpaired) electrons. The number of hydrogen-bond donors (Lipinski definition) is 0. The largest absolute Gasteiger partial charge is 0.277 e. The molecule has 0 aliphatic rings. The van der Waals surface area contributed by atoms with E-state index in [9.17, 15) is 0 Å². The summed E-state index contributed by atoms with van der Waals surface area (Å²) in [5, 5.41) is 12.4. The summed E-state index contributed by atoms with van der Waals surface area (Å²) in [6.45, 7) is 0. The van der Waals surface area contributed by atoms with Gasteiger partial charge in [0.1, 0.15) is 0 Å². The first-order valence-corrected chi connectivity index (χ1v) is 17.2. The zero-order valence-electron chi connectivity index (χ0n) is 26.9. The summed E-state index contributed by atoms with van der Waals surface area (Å²) in [5.41, 5.74) is 10.7. The average Bonchev–Trinajstić information content (AvgIpc) is 3.80. The molecule has 0 fully saturated rings. The van der Waals surface area contributed by atoms with Gasteiger partial charge in [-0.25, -0.2) is 4.98 Å². The molecule has 50 heavy (non-hydrogen) atoms. The van der Waals surface area contributed by atoms with Crippen molar-refractivity contribution in [2.75, 3.05) is 0 Å². The molecule has 0 amide bonds. The first-order valence-electron chi connectivity index (χ1n) is 17.2. The van der Waals surface area contributed by atoms with Crippen molar-refractivity contribution in [3.63, 3.8) is 0 Å². The lowest BCUT2D eigenvalue weighted by Crippen LogP contribution is -1.91. The maximum absolute atomic E-state index is 5.36. The fraction of sp³-hybridized carbons (Fsp3) is 0. The highest BCUT2D eigenvalue weighted by Gasteiger charge is 2.24. The monoisotopic (exact) mass is 633 g/mol. The minimum atomic E-state index is 0.951. The van der Waals surface area contributed by atoms with E-state index in [-0.39, 0.29) is 0 Å². The van der Waals surface area contributed by atoms with E-state index in [0.717, 1.165) is 16.8 Å². The van der Waals surface area contributed by atoms with Crippen LogP contribution in [0.25, 0.3) is 109 Å². The van der Waals surface area contributed by atoms with Crippen LogP contribution in [0.5, 0.6) is 0 Å². The third-order valence-corrected chi connectivity index (χ3v) is 10.9. The van der Waals surface area contributed by atoms with Gasteiger partial charge in [0.15, 0.2) is 0 Å². The molecule has 0 N–H and O–H groups in total. The number of rotatable bonds is 2. The van der Waals surface area contributed by atoms with Crippen molar-refractivity contribution in [2.45, 2.75) is 0 Å². The molecule has 0 bridgehead atoms. The molecular formula is C47H27N3. The van der Waals surface area contributed by atoms with Crippen molar-refractivity contribution in [1.82, 2.24) is 13.8 Å². The number of fused-ring (bicyclic) bond motifs is 12. The fourth-order valence-corrected chi connectivity index (χ4v) is 8.82. The van der Waals surface area contributed by atoms with Gasteiger partial charge < -0.3 is 0 Å². The molecule has 0 aliphatic heterocycles. The van der Waals surface area contributed by atoms with E-state index in [1.807, 2.05) is 0 Å². The molecule has 230 valence electrons. The van der Waals surface area contributed by atoms with Crippen molar-refractivity contribution in [1.29, 1.82) is 0 Å². The molecule has 0 spiro atoms. The molecule has 9 aromatic carbocycles. The molecule has 0 aliphatic carbocycles. The number of hydrogen-bond acceptors (Lipinski definition) is 1. The van der Waals surface area contributed by atoms with E-state index < -0.39 is 0 Å². The van der Waals surface area contributed by atoms with Gasteiger partial charge in [-0.2, -0.15) is 0 Å². The second kappa shape index (κ2) is 9.46. The Balaban J connectivity index is 1.30. The van der Waals surface area contributed by atoms with Gasteiger partial charge in [0.05, 0.1) is 27.6 Å². The van der Waals surface area contributed by atoms with Gasteiger partial charge >= 0.3 is 0 Å². The van der Waals surface area contributed by atoms with Crippen LogP contribution in [0.4, 0.5) is 0 Å². The van der Waals surface area contributed by atoms with Gasteiger partial charge in [0.2, 0.25) is 5.78 Å². The van der Waals surface area contributed by atoms with Gasteiger partial charge in [-0.15, -0.1) is 0 Å². The fourth-order valence-electron chi connectivity index (χ4n) is 8.82. The molecule has 3 aromatic heterocycles. The summed E-state index contributed by atoms with van der Waals surface area (Å²) in [5.74, 6) is 0.951. The molecule has 12 rings (SSSR count). The molecule has 3 heteroatoms. The Morgan fingerprint density at radius 2 is 0.860 bits per heavy atom. The Morgan fingerprint density at radius 1 is 0.340 bits per heavy atom. The molecule has 0 saturated heterocycles. The topological polar surface area (TPSA) is 21.7 Å². The highest BCUT2D eigenvalue weighted by Crippen LogP contribution is 2.47. The van der Waals surface area contributed by atoms with Crippen LogP contribution in [0, 0.1) is 0 Å². The molecule has 0 saturated carbocycles. The number of imidazole rings is 2. The van der Waals surface area contributed by atoms with Gasteiger partial charge in [0.25, 0.3) is 0 Å². The molecular weight excluding hydrogens is 607 g/mol. The number of benzene rings is 9. The normalized spacial score (nSPS) is 12.4.